The Morgan fingerprint density at radius 2 is 2.48 bits per heavy atom. The van der Waals surface area contributed by atoms with Gasteiger partial charge in [-0.25, -0.2) is 4.98 Å². The molecule has 0 bridgehead atoms. The second-order valence-corrected chi connectivity index (χ2v) is 6.64. The number of fused-ring (bicyclic) bond motifs is 1. The molecule has 5 nitrogen and oxygen atoms in total. The van der Waals surface area contributed by atoms with Crippen molar-refractivity contribution in [3.05, 3.63) is 29.0 Å². The monoisotopic (exact) mass is 304 g/mol. The molecule has 2 heterocycles. The maximum Gasteiger partial charge on any atom is 0.250 e. The van der Waals surface area contributed by atoms with Gasteiger partial charge in [0.25, 0.3) is 5.91 Å². The van der Waals surface area contributed by atoms with Crippen LogP contribution in [0.15, 0.2) is 18.5 Å². The number of nitrogens with zero attached hydrogens (tertiary/aromatic N) is 3. The fourth-order valence-electron chi connectivity index (χ4n) is 2.68. The van der Waals surface area contributed by atoms with Crippen molar-refractivity contribution in [2.75, 3.05) is 5.32 Å². The van der Waals surface area contributed by atoms with Gasteiger partial charge in [-0.1, -0.05) is 13.3 Å². The van der Waals surface area contributed by atoms with Gasteiger partial charge in [0.2, 0.25) is 0 Å². The number of thiazole rings is 1. The van der Waals surface area contributed by atoms with Gasteiger partial charge in [-0.05, 0) is 38.2 Å². The Bertz CT molecular complexity index is 620. The smallest absolute Gasteiger partial charge is 0.250 e. The van der Waals surface area contributed by atoms with Gasteiger partial charge in [-0.15, -0.1) is 11.3 Å². The fourth-order valence-corrected chi connectivity index (χ4v) is 3.81. The molecule has 0 fully saturated rings. The molecule has 0 aliphatic heterocycles. The first kappa shape index (κ1) is 14.3. The molecule has 1 N–H and O–H groups in total. The molecule has 2 aromatic rings. The van der Waals surface area contributed by atoms with Gasteiger partial charge in [-0.2, -0.15) is 5.10 Å². The number of carbonyl (C=O) groups excluding carboxylic acids is 1. The van der Waals surface area contributed by atoms with Crippen molar-refractivity contribution in [3.8, 4) is 0 Å². The first-order valence-electron chi connectivity index (χ1n) is 7.46. The van der Waals surface area contributed by atoms with Crippen molar-refractivity contribution < 1.29 is 4.79 Å². The van der Waals surface area contributed by atoms with E-state index in [1.165, 1.54) is 23.4 Å². The van der Waals surface area contributed by atoms with E-state index in [0.717, 1.165) is 23.9 Å². The lowest BCUT2D eigenvalue weighted by Crippen LogP contribution is -2.23. The first-order chi connectivity index (χ1) is 10.2. The van der Waals surface area contributed by atoms with Gasteiger partial charge >= 0.3 is 0 Å². The summed E-state index contributed by atoms with van der Waals surface area (Å²) < 4.78 is 1.65. The molecule has 0 saturated heterocycles. The van der Waals surface area contributed by atoms with Crippen molar-refractivity contribution in [2.24, 2.45) is 5.92 Å². The second-order valence-electron chi connectivity index (χ2n) is 5.56. The minimum Gasteiger partial charge on any atom is -0.300 e. The molecular weight excluding hydrogens is 284 g/mol. The lowest BCUT2D eigenvalue weighted by Gasteiger charge is -2.18. The summed E-state index contributed by atoms with van der Waals surface area (Å²) in [7, 11) is 0. The molecular formula is C15H20N4OS. The van der Waals surface area contributed by atoms with E-state index in [1.54, 1.807) is 28.4 Å². The largest absolute Gasteiger partial charge is 0.300 e. The summed E-state index contributed by atoms with van der Waals surface area (Å²) in [4.78, 5) is 18.2. The Balaban J connectivity index is 1.69. The van der Waals surface area contributed by atoms with Crippen LogP contribution in [0.3, 0.4) is 0 Å². The van der Waals surface area contributed by atoms with E-state index >= 15 is 0 Å². The summed E-state index contributed by atoms with van der Waals surface area (Å²) in [5.41, 5.74) is 1.17. The number of aromatic nitrogens is 3. The molecule has 6 heteroatoms. The van der Waals surface area contributed by atoms with Crippen LogP contribution in [0.4, 0.5) is 5.13 Å². The topological polar surface area (TPSA) is 59.8 Å². The number of hydrogen-bond acceptors (Lipinski definition) is 4. The molecule has 2 aromatic heterocycles. The normalized spacial score (nSPS) is 19.0. The Hall–Kier alpha value is -1.69. The van der Waals surface area contributed by atoms with Crippen LogP contribution in [0, 0.1) is 5.92 Å². The van der Waals surface area contributed by atoms with Crippen LogP contribution in [0.1, 0.15) is 43.3 Å². The lowest BCUT2D eigenvalue weighted by molar-refractivity contribution is -0.119. The predicted octanol–water partition coefficient (Wildman–Crippen LogP) is 3.05. The Morgan fingerprint density at radius 1 is 1.62 bits per heavy atom. The van der Waals surface area contributed by atoms with Crippen LogP contribution in [0.2, 0.25) is 0 Å². The van der Waals surface area contributed by atoms with E-state index in [-0.39, 0.29) is 11.9 Å². The zero-order valence-corrected chi connectivity index (χ0v) is 13.2. The van der Waals surface area contributed by atoms with Gasteiger partial charge in [0.15, 0.2) is 5.13 Å². The van der Waals surface area contributed by atoms with Crippen LogP contribution < -0.4 is 5.32 Å². The number of rotatable bonds is 4. The molecule has 0 saturated carbocycles. The summed E-state index contributed by atoms with van der Waals surface area (Å²) in [6.45, 7) is 4.08. The van der Waals surface area contributed by atoms with Crippen molar-refractivity contribution in [2.45, 2.75) is 45.6 Å². The van der Waals surface area contributed by atoms with Crippen LogP contribution in [0.25, 0.3) is 0 Å². The summed E-state index contributed by atoms with van der Waals surface area (Å²) in [6.07, 6.45) is 8.04. The minimum absolute atomic E-state index is 0.0724. The van der Waals surface area contributed by atoms with Crippen molar-refractivity contribution in [1.82, 2.24) is 14.8 Å². The average molecular weight is 304 g/mol. The molecule has 0 spiro atoms. The molecule has 1 aliphatic carbocycles. The minimum atomic E-state index is -0.329. The van der Waals surface area contributed by atoms with Crippen LogP contribution in [0.5, 0.6) is 0 Å². The Morgan fingerprint density at radius 3 is 3.19 bits per heavy atom. The van der Waals surface area contributed by atoms with E-state index in [2.05, 4.69) is 22.3 Å². The Kier molecular flexibility index (Phi) is 4.05. The highest BCUT2D eigenvalue weighted by Gasteiger charge is 2.23. The first-order valence-corrected chi connectivity index (χ1v) is 8.27. The maximum atomic E-state index is 12.2. The van der Waals surface area contributed by atoms with Crippen molar-refractivity contribution in [1.29, 1.82) is 0 Å². The molecule has 0 aromatic carbocycles. The van der Waals surface area contributed by atoms with Crippen LogP contribution in [-0.2, 0) is 17.6 Å². The average Bonchev–Trinajstić information content (AvgIpc) is 3.14. The zero-order valence-electron chi connectivity index (χ0n) is 12.4. The molecule has 0 radical (unpaired) electrons. The van der Waals surface area contributed by atoms with E-state index in [0.29, 0.717) is 0 Å². The molecule has 1 aliphatic rings. The fraction of sp³-hybridized carbons (Fsp3) is 0.533. The number of carbonyl (C=O) groups is 1. The summed E-state index contributed by atoms with van der Waals surface area (Å²) in [5.74, 6) is 0.696. The third kappa shape index (κ3) is 3.00. The summed E-state index contributed by atoms with van der Waals surface area (Å²) in [5, 5.41) is 7.75. The van der Waals surface area contributed by atoms with Gasteiger partial charge in [0.05, 0.1) is 5.69 Å². The third-order valence-corrected chi connectivity index (χ3v) is 5.19. The SMILES string of the molecule is CC[C@@H]1CCc2nc(NC(=O)[C@@H](C)n3cccn3)sc2C1. The highest BCUT2D eigenvalue weighted by Crippen LogP contribution is 2.33. The molecule has 0 unspecified atom stereocenters. The zero-order chi connectivity index (χ0) is 14.8. The molecule has 21 heavy (non-hydrogen) atoms. The predicted molar refractivity (Wildman–Crippen MR) is 83.5 cm³/mol. The highest BCUT2D eigenvalue weighted by atomic mass is 32.1. The summed E-state index contributed by atoms with van der Waals surface area (Å²) in [6, 6.07) is 1.49. The standard InChI is InChI=1S/C15H20N4OS/c1-3-11-5-6-12-13(9-11)21-15(17-12)18-14(20)10(2)19-8-4-7-16-19/h4,7-8,10-11H,3,5-6,9H2,1-2H3,(H,17,18,20)/t10-,11-/m1/s1. The molecule has 2 atom stereocenters. The molecule has 112 valence electrons. The van der Waals surface area contributed by atoms with Gasteiger partial charge in [0.1, 0.15) is 6.04 Å². The van der Waals surface area contributed by atoms with Crippen molar-refractivity contribution >= 4 is 22.4 Å². The molecule has 1 amide bonds. The molecule has 3 rings (SSSR count). The second kappa shape index (κ2) is 5.97. The summed E-state index contributed by atoms with van der Waals surface area (Å²) >= 11 is 1.62. The van der Waals surface area contributed by atoms with E-state index < -0.39 is 0 Å². The van der Waals surface area contributed by atoms with Crippen LogP contribution in [-0.4, -0.2) is 20.7 Å². The Labute approximate surface area is 128 Å². The maximum absolute atomic E-state index is 12.2. The number of nitrogens with one attached hydrogen (secondary N) is 1. The van der Waals surface area contributed by atoms with E-state index in [9.17, 15) is 4.79 Å². The van der Waals surface area contributed by atoms with Gasteiger partial charge in [0, 0.05) is 17.3 Å². The highest BCUT2D eigenvalue weighted by molar-refractivity contribution is 7.15. The number of anilines is 1. The van der Waals surface area contributed by atoms with Crippen molar-refractivity contribution in [3.63, 3.8) is 0 Å². The lowest BCUT2D eigenvalue weighted by atomic mass is 9.89. The van der Waals surface area contributed by atoms with E-state index in [4.69, 9.17) is 0 Å². The van der Waals surface area contributed by atoms with E-state index in [1.807, 2.05) is 13.0 Å². The third-order valence-electron chi connectivity index (χ3n) is 4.15. The number of aryl methyl sites for hydroxylation is 1. The van der Waals surface area contributed by atoms with Crippen LogP contribution >= 0.6 is 11.3 Å². The van der Waals surface area contributed by atoms with Gasteiger partial charge in [-0.3, -0.25) is 9.48 Å². The van der Waals surface area contributed by atoms with Gasteiger partial charge < -0.3 is 5.32 Å². The number of amides is 1. The number of hydrogen-bond donors (Lipinski definition) is 1. The quantitative estimate of drug-likeness (QED) is 0.944.